The first-order chi connectivity index (χ1) is 9.52. The Morgan fingerprint density at radius 3 is 2.75 bits per heavy atom. The SMILES string of the molecule is CSc1ccccc1-n1ccc2c1CC(C)(C)CC2O. The number of hydrogen-bond donors (Lipinski definition) is 1. The van der Waals surface area contributed by atoms with E-state index in [0.29, 0.717) is 0 Å². The van der Waals surface area contributed by atoms with Gasteiger partial charge in [-0.3, -0.25) is 0 Å². The first-order valence-corrected chi connectivity index (χ1v) is 8.26. The minimum Gasteiger partial charge on any atom is -0.388 e. The van der Waals surface area contributed by atoms with Crippen molar-refractivity contribution in [1.82, 2.24) is 4.57 Å². The van der Waals surface area contributed by atoms with Crippen LogP contribution in [0.3, 0.4) is 0 Å². The Kier molecular flexibility index (Phi) is 3.43. The van der Waals surface area contributed by atoms with Crippen LogP contribution < -0.4 is 0 Å². The highest BCUT2D eigenvalue weighted by molar-refractivity contribution is 7.98. The largest absolute Gasteiger partial charge is 0.388 e. The predicted octanol–water partition coefficient (Wildman–Crippen LogP) is 4.21. The average molecular weight is 287 g/mol. The number of fused-ring (bicyclic) bond motifs is 1. The second-order valence-electron chi connectivity index (χ2n) is 6.32. The molecule has 0 spiro atoms. The number of aliphatic hydroxyl groups excluding tert-OH is 1. The van der Waals surface area contributed by atoms with E-state index in [9.17, 15) is 5.11 Å². The summed E-state index contributed by atoms with van der Waals surface area (Å²) in [6.07, 6.45) is 5.72. The number of aromatic nitrogens is 1. The van der Waals surface area contributed by atoms with E-state index in [1.54, 1.807) is 11.8 Å². The summed E-state index contributed by atoms with van der Waals surface area (Å²) in [5.41, 5.74) is 3.72. The van der Waals surface area contributed by atoms with Crippen molar-refractivity contribution in [3.63, 3.8) is 0 Å². The highest BCUT2D eigenvalue weighted by atomic mass is 32.2. The van der Waals surface area contributed by atoms with Crippen molar-refractivity contribution >= 4 is 11.8 Å². The molecule has 0 aliphatic heterocycles. The van der Waals surface area contributed by atoms with Gasteiger partial charge in [-0.1, -0.05) is 26.0 Å². The Balaban J connectivity index is 2.13. The summed E-state index contributed by atoms with van der Waals surface area (Å²) in [6, 6.07) is 10.5. The number of aliphatic hydroxyl groups is 1. The van der Waals surface area contributed by atoms with E-state index < -0.39 is 0 Å². The van der Waals surface area contributed by atoms with Crippen molar-refractivity contribution in [3.05, 3.63) is 47.8 Å². The fourth-order valence-electron chi connectivity index (χ4n) is 3.18. The van der Waals surface area contributed by atoms with Crippen molar-refractivity contribution in [3.8, 4) is 5.69 Å². The molecule has 3 rings (SSSR count). The Bertz CT molecular complexity index is 630. The smallest absolute Gasteiger partial charge is 0.0812 e. The molecule has 0 bridgehead atoms. The summed E-state index contributed by atoms with van der Waals surface area (Å²) in [7, 11) is 0. The van der Waals surface area contributed by atoms with Crippen LogP contribution in [-0.2, 0) is 6.42 Å². The molecule has 0 radical (unpaired) electrons. The highest BCUT2D eigenvalue weighted by Crippen LogP contribution is 2.42. The standard InChI is InChI=1S/C17H21NOS/c1-17(2)10-14-12(15(19)11-17)8-9-18(14)13-6-4-5-7-16(13)20-3/h4-9,15,19H,10-11H2,1-3H3. The van der Waals surface area contributed by atoms with E-state index in [4.69, 9.17) is 0 Å². The summed E-state index contributed by atoms with van der Waals surface area (Å²) in [6.45, 7) is 4.47. The van der Waals surface area contributed by atoms with Crippen molar-refractivity contribution in [2.75, 3.05) is 6.26 Å². The molecule has 0 amide bonds. The Hall–Kier alpha value is -1.19. The van der Waals surface area contributed by atoms with Gasteiger partial charge in [0.25, 0.3) is 0 Å². The minimum absolute atomic E-state index is 0.150. The molecule has 20 heavy (non-hydrogen) atoms. The van der Waals surface area contributed by atoms with Crippen LogP contribution >= 0.6 is 11.8 Å². The summed E-state index contributed by atoms with van der Waals surface area (Å²) in [5, 5.41) is 10.4. The molecule has 1 aromatic carbocycles. The molecular weight excluding hydrogens is 266 g/mol. The molecule has 1 atom stereocenters. The van der Waals surface area contributed by atoms with Crippen LogP contribution in [0, 0.1) is 5.41 Å². The van der Waals surface area contributed by atoms with Crippen molar-refractivity contribution in [1.29, 1.82) is 0 Å². The van der Waals surface area contributed by atoms with E-state index in [1.165, 1.54) is 16.3 Å². The van der Waals surface area contributed by atoms with Crippen LogP contribution in [0.5, 0.6) is 0 Å². The van der Waals surface area contributed by atoms with Gasteiger partial charge in [0.15, 0.2) is 0 Å². The third-order valence-electron chi connectivity index (χ3n) is 4.12. The molecule has 106 valence electrons. The van der Waals surface area contributed by atoms with Crippen LogP contribution in [0.15, 0.2) is 41.4 Å². The number of para-hydroxylation sites is 1. The summed E-state index contributed by atoms with van der Waals surface area (Å²) >= 11 is 1.76. The van der Waals surface area contributed by atoms with Crippen LogP contribution in [0.25, 0.3) is 5.69 Å². The van der Waals surface area contributed by atoms with Gasteiger partial charge in [-0.25, -0.2) is 0 Å². The van der Waals surface area contributed by atoms with Gasteiger partial charge in [-0.15, -0.1) is 11.8 Å². The topological polar surface area (TPSA) is 25.2 Å². The molecule has 0 saturated heterocycles. The normalized spacial score (nSPS) is 20.7. The van der Waals surface area contributed by atoms with E-state index in [0.717, 1.165) is 18.4 Å². The first-order valence-electron chi connectivity index (χ1n) is 7.03. The predicted molar refractivity (Wildman–Crippen MR) is 84.6 cm³/mol. The lowest BCUT2D eigenvalue weighted by atomic mass is 9.75. The molecule has 0 saturated carbocycles. The lowest BCUT2D eigenvalue weighted by molar-refractivity contribution is 0.0986. The quantitative estimate of drug-likeness (QED) is 0.837. The molecule has 3 heteroatoms. The Morgan fingerprint density at radius 2 is 2.00 bits per heavy atom. The second kappa shape index (κ2) is 4.97. The number of benzene rings is 1. The minimum atomic E-state index is -0.337. The molecule has 1 aromatic heterocycles. The maximum atomic E-state index is 10.4. The van der Waals surface area contributed by atoms with Gasteiger partial charge in [0.2, 0.25) is 0 Å². The second-order valence-corrected chi connectivity index (χ2v) is 7.17. The van der Waals surface area contributed by atoms with Crippen LogP contribution in [0.2, 0.25) is 0 Å². The fourth-order valence-corrected chi connectivity index (χ4v) is 3.77. The van der Waals surface area contributed by atoms with Crippen molar-refractivity contribution in [2.45, 2.75) is 37.7 Å². The molecule has 2 nitrogen and oxygen atoms in total. The number of thioether (sulfide) groups is 1. The van der Waals surface area contributed by atoms with Crippen molar-refractivity contribution in [2.24, 2.45) is 5.41 Å². The molecular formula is C17H21NOS. The van der Waals surface area contributed by atoms with Crippen molar-refractivity contribution < 1.29 is 5.11 Å². The van der Waals surface area contributed by atoms with Crippen LogP contribution in [-0.4, -0.2) is 15.9 Å². The number of hydrogen-bond acceptors (Lipinski definition) is 2. The third-order valence-corrected chi connectivity index (χ3v) is 4.91. The highest BCUT2D eigenvalue weighted by Gasteiger charge is 2.33. The zero-order chi connectivity index (χ0) is 14.3. The van der Waals surface area contributed by atoms with Gasteiger partial charge < -0.3 is 9.67 Å². The van der Waals surface area contributed by atoms with Gasteiger partial charge in [0, 0.05) is 22.3 Å². The zero-order valence-corrected chi connectivity index (χ0v) is 13.1. The third kappa shape index (κ3) is 2.29. The zero-order valence-electron chi connectivity index (χ0n) is 12.3. The molecule has 1 N–H and O–H groups in total. The van der Waals surface area contributed by atoms with Gasteiger partial charge in [0.05, 0.1) is 11.8 Å². The Labute approximate surface area is 124 Å². The number of rotatable bonds is 2. The molecule has 1 aliphatic rings. The maximum absolute atomic E-state index is 10.4. The van der Waals surface area contributed by atoms with Crippen LogP contribution in [0.1, 0.15) is 37.6 Å². The van der Waals surface area contributed by atoms with E-state index in [1.807, 2.05) is 0 Å². The van der Waals surface area contributed by atoms with Crippen LogP contribution in [0.4, 0.5) is 0 Å². The molecule has 1 aliphatic carbocycles. The molecule has 1 heterocycles. The first kappa shape index (κ1) is 13.8. The monoisotopic (exact) mass is 287 g/mol. The van der Waals surface area contributed by atoms with Gasteiger partial charge in [-0.2, -0.15) is 0 Å². The van der Waals surface area contributed by atoms with Gasteiger partial charge in [-0.05, 0) is 42.7 Å². The summed E-state index contributed by atoms with van der Waals surface area (Å²) < 4.78 is 2.26. The van der Waals surface area contributed by atoms with Gasteiger partial charge in [0.1, 0.15) is 0 Å². The van der Waals surface area contributed by atoms with Gasteiger partial charge >= 0.3 is 0 Å². The molecule has 0 fully saturated rings. The fraction of sp³-hybridized carbons (Fsp3) is 0.412. The Morgan fingerprint density at radius 1 is 1.25 bits per heavy atom. The lowest BCUT2D eigenvalue weighted by Crippen LogP contribution is -2.26. The van der Waals surface area contributed by atoms with E-state index in [2.05, 4.69) is 61.2 Å². The summed E-state index contributed by atoms with van der Waals surface area (Å²) in [4.78, 5) is 1.27. The van der Waals surface area contributed by atoms with E-state index >= 15 is 0 Å². The molecule has 1 unspecified atom stereocenters. The molecule has 2 aromatic rings. The summed E-state index contributed by atoms with van der Waals surface area (Å²) in [5.74, 6) is 0. The number of nitrogens with zero attached hydrogens (tertiary/aromatic N) is 1. The average Bonchev–Trinajstić information content (AvgIpc) is 2.81. The van der Waals surface area contributed by atoms with E-state index in [-0.39, 0.29) is 11.5 Å². The maximum Gasteiger partial charge on any atom is 0.0812 e. The lowest BCUT2D eigenvalue weighted by Gasteiger charge is -2.34.